The van der Waals surface area contributed by atoms with Gasteiger partial charge in [-0.3, -0.25) is 9.59 Å². The summed E-state index contributed by atoms with van der Waals surface area (Å²) in [5, 5.41) is 6.46. The quantitative estimate of drug-likeness (QED) is 0.783. The van der Waals surface area contributed by atoms with Gasteiger partial charge in [0.15, 0.2) is 0 Å². The average molecular weight is 422 g/mol. The zero-order chi connectivity index (χ0) is 19.6. The molecule has 0 aromatic heterocycles. The van der Waals surface area contributed by atoms with Gasteiger partial charge in [-0.1, -0.05) is 25.0 Å². The Balaban J connectivity index is 0.00000240. The molecular formula is C22H32ClN3O3. The van der Waals surface area contributed by atoms with E-state index in [0.717, 1.165) is 45.2 Å². The lowest BCUT2D eigenvalue weighted by atomic mass is 9.67. The van der Waals surface area contributed by atoms with Crippen LogP contribution in [0, 0.1) is 17.3 Å². The molecule has 0 bridgehead atoms. The number of anilines is 1. The Hall–Kier alpha value is -1.79. The molecule has 3 fully saturated rings. The molecule has 1 aromatic carbocycles. The molecule has 1 aliphatic carbocycles. The van der Waals surface area contributed by atoms with E-state index in [0.29, 0.717) is 36.4 Å². The van der Waals surface area contributed by atoms with Crippen molar-refractivity contribution in [2.75, 3.05) is 38.6 Å². The highest BCUT2D eigenvalue weighted by Crippen LogP contribution is 2.45. The van der Waals surface area contributed by atoms with Crippen molar-refractivity contribution in [3.05, 3.63) is 24.3 Å². The van der Waals surface area contributed by atoms with Crippen LogP contribution < -0.4 is 15.4 Å². The number of nitrogens with zero attached hydrogens (tertiary/aromatic N) is 1. The van der Waals surface area contributed by atoms with Crippen molar-refractivity contribution in [3.63, 3.8) is 0 Å². The number of halogens is 1. The number of amides is 2. The van der Waals surface area contributed by atoms with Gasteiger partial charge >= 0.3 is 0 Å². The third-order valence-electron chi connectivity index (χ3n) is 6.98. The number of para-hydroxylation sites is 2. The van der Waals surface area contributed by atoms with Crippen LogP contribution in [0.25, 0.3) is 0 Å². The minimum atomic E-state index is -0.190. The highest BCUT2D eigenvalue weighted by molar-refractivity contribution is 5.94. The number of likely N-dealkylation sites (tertiary alicyclic amines) is 1. The van der Waals surface area contributed by atoms with Crippen LogP contribution >= 0.6 is 12.4 Å². The smallest absolute Gasteiger partial charge is 0.230 e. The van der Waals surface area contributed by atoms with Crippen molar-refractivity contribution < 1.29 is 14.3 Å². The molecular weight excluding hydrogens is 390 g/mol. The van der Waals surface area contributed by atoms with Gasteiger partial charge in [-0.15, -0.1) is 12.4 Å². The summed E-state index contributed by atoms with van der Waals surface area (Å²) in [7, 11) is 1.60. The number of methoxy groups -OCH3 is 1. The third-order valence-corrected chi connectivity index (χ3v) is 6.98. The van der Waals surface area contributed by atoms with Gasteiger partial charge in [0.25, 0.3) is 0 Å². The number of carbonyl (C=O) groups is 2. The molecule has 7 heteroatoms. The van der Waals surface area contributed by atoms with E-state index < -0.39 is 0 Å². The molecule has 2 N–H and O–H groups in total. The number of rotatable bonds is 4. The topological polar surface area (TPSA) is 70.7 Å². The minimum absolute atomic E-state index is 0. The first-order valence-corrected chi connectivity index (χ1v) is 10.6. The fourth-order valence-electron chi connectivity index (χ4n) is 5.31. The Labute approximate surface area is 179 Å². The standard InChI is InChI=1S/C22H31N3O3.ClH/c1-28-19-8-3-2-7-18(19)24-20(26)16-9-12-25(13-10-16)21(27)22-11-5-4-6-17(22)14-23-15-22;/h2-3,7-8,16-17,23H,4-6,9-15H2,1H3,(H,24,26);1H/t17-,22+;/m0./s1. The van der Waals surface area contributed by atoms with E-state index in [4.69, 9.17) is 4.74 Å². The maximum absolute atomic E-state index is 13.4. The molecule has 2 amide bonds. The predicted octanol–water partition coefficient (Wildman–Crippen LogP) is 3.07. The van der Waals surface area contributed by atoms with Gasteiger partial charge < -0.3 is 20.3 Å². The van der Waals surface area contributed by atoms with Crippen molar-refractivity contribution >= 4 is 29.9 Å². The summed E-state index contributed by atoms with van der Waals surface area (Å²) in [6.07, 6.45) is 6.02. The number of ether oxygens (including phenoxy) is 1. The lowest BCUT2D eigenvalue weighted by Crippen LogP contribution is -2.52. The lowest BCUT2D eigenvalue weighted by molar-refractivity contribution is -0.147. The van der Waals surface area contributed by atoms with Crippen LogP contribution in [0.2, 0.25) is 0 Å². The van der Waals surface area contributed by atoms with Gasteiger partial charge in [-0.05, 0) is 50.3 Å². The fourth-order valence-corrected chi connectivity index (χ4v) is 5.31. The average Bonchev–Trinajstić information content (AvgIpc) is 3.19. The molecule has 2 aliphatic heterocycles. The molecule has 0 unspecified atom stereocenters. The van der Waals surface area contributed by atoms with E-state index in [1.807, 2.05) is 29.2 Å². The first-order chi connectivity index (χ1) is 13.6. The van der Waals surface area contributed by atoms with Gasteiger partial charge in [0.05, 0.1) is 18.2 Å². The summed E-state index contributed by atoms with van der Waals surface area (Å²) in [5.41, 5.74) is 0.513. The van der Waals surface area contributed by atoms with Crippen LogP contribution in [0.4, 0.5) is 5.69 Å². The van der Waals surface area contributed by atoms with E-state index in [1.54, 1.807) is 7.11 Å². The molecule has 4 rings (SSSR count). The maximum atomic E-state index is 13.4. The van der Waals surface area contributed by atoms with E-state index in [1.165, 1.54) is 6.42 Å². The molecule has 29 heavy (non-hydrogen) atoms. The highest BCUT2D eigenvalue weighted by Gasteiger charge is 2.51. The van der Waals surface area contributed by atoms with Gasteiger partial charge in [0.2, 0.25) is 11.8 Å². The Morgan fingerprint density at radius 2 is 1.93 bits per heavy atom. The van der Waals surface area contributed by atoms with Crippen LogP contribution in [0.1, 0.15) is 38.5 Å². The third kappa shape index (κ3) is 4.24. The van der Waals surface area contributed by atoms with Crippen LogP contribution in [-0.4, -0.2) is 50.0 Å². The Morgan fingerprint density at radius 3 is 2.69 bits per heavy atom. The predicted molar refractivity (Wildman–Crippen MR) is 115 cm³/mol. The second-order valence-electron chi connectivity index (χ2n) is 8.49. The first kappa shape index (κ1) is 21.9. The molecule has 6 nitrogen and oxygen atoms in total. The number of carbonyl (C=O) groups excluding carboxylic acids is 2. The summed E-state index contributed by atoms with van der Waals surface area (Å²) in [4.78, 5) is 28.1. The summed E-state index contributed by atoms with van der Waals surface area (Å²) in [5.74, 6) is 1.44. The SMILES string of the molecule is COc1ccccc1NC(=O)C1CCN(C(=O)[C@@]23CCCC[C@H]2CNC3)CC1.Cl. The minimum Gasteiger partial charge on any atom is -0.495 e. The van der Waals surface area contributed by atoms with E-state index in [2.05, 4.69) is 10.6 Å². The van der Waals surface area contributed by atoms with Crippen molar-refractivity contribution in [1.29, 1.82) is 0 Å². The Bertz CT molecular complexity index is 736. The van der Waals surface area contributed by atoms with Gasteiger partial charge in [0, 0.05) is 25.6 Å². The zero-order valence-electron chi connectivity index (χ0n) is 17.1. The molecule has 0 radical (unpaired) electrons. The van der Waals surface area contributed by atoms with Crippen LogP contribution in [0.5, 0.6) is 5.75 Å². The number of nitrogens with one attached hydrogen (secondary N) is 2. The largest absolute Gasteiger partial charge is 0.495 e. The van der Waals surface area contributed by atoms with E-state index >= 15 is 0 Å². The van der Waals surface area contributed by atoms with Crippen LogP contribution in [0.15, 0.2) is 24.3 Å². The molecule has 2 atom stereocenters. The second-order valence-corrected chi connectivity index (χ2v) is 8.49. The Morgan fingerprint density at radius 1 is 1.17 bits per heavy atom. The van der Waals surface area contributed by atoms with Crippen LogP contribution in [0.3, 0.4) is 0 Å². The summed E-state index contributed by atoms with van der Waals surface area (Å²) >= 11 is 0. The normalized spacial score (nSPS) is 26.9. The lowest BCUT2D eigenvalue weighted by Gasteiger charge is -2.42. The second kappa shape index (κ2) is 9.35. The number of benzene rings is 1. The summed E-state index contributed by atoms with van der Waals surface area (Å²) in [6.45, 7) is 3.16. The van der Waals surface area contributed by atoms with Gasteiger partial charge in [-0.2, -0.15) is 0 Å². The van der Waals surface area contributed by atoms with Crippen molar-refractivity contribution in [3.8, 4) is 5.75 Å². The van der Waals surface area contributed by atoms with E-state index in [-0.39, 0.29) is 29.6 Å². The van der Waals surface area contributed by atoms with Crippen LogP contribution in [-0.2, 0) is 9.59 Å². The molecule has 1 saturated carbocycles. The monoisotopic (exact) mass is 421 g/mol. The van der Waals surface area contributed by atoms with Gasteiger partial charge in [-0.25, -0.2) is 0 Å². The summed E-state index contributed by atoms with van der Waals surface area (Å²) in [6, 6.07) is 7.46. The van der Waals surface area contributed by atoms with Crippen molar-refractivity contribution in [2.24, 2.45) is 17.3 Å². The number of hydrogen-bond donors (Lipinski definition) is 2. The molecule has 2 heterocycles. The maximum Gasteiger partial charge on any atom is 0.230 e. The molecule has 160 valence electrons. The van der Waals surface area contributed by atoms with Crippen molar-refractivity contribution in [2.45, 2.75) is 38.5 Å². The number of piperidine rings is 1. The summed E-state index contributed by atoms with van der Waals surface area (Å²) < 4.78 is 5.32. The molecule has 1 aromatic rings. The molecule has 0 spiro atoms. The number of hydrogen-bond acceptors (Lipinski definition) is 4. The Kier molecular flexibility index (Phi) is 7.06. The zero-order valence-corrected chi connectivity index (χ0v) is 17.9. The first-order valence-electron chi connectivity index (χ1n) is 10.6. The molecule has 3 aliphatic rings. The number of fused-ring (bicyclic) bond motifs is 1. The van der Waals surface area contributed by atoms with E-state index in [9.17, 15) is 9.59 Å². The fraction of sp³-hybridized carbons (Fsp3) is 0.636. The highest BCUT2D eigenvalue weighted by atomic mass is 35.5. The van der Waals surface area contributed by atoms with Crippen molar-refractivity contribution in [1.82, 2.24) is 10.2 Å². The molecule has 2 saturated heterocycles. The van der Waals surface area contributed by atoms with Gasteiger partial charge in [0.1, 0.15) is 5.75 Å².